The highest BCUT2D eigenvalue weighted by Crippen LogP contribution is 2.30. The van der Waals surface area contributed by atoms with Crippen molar-refractivity contribution in [3.8, 4) is 5.75 Å². The van der Waals surface area contributed by atoms with Crippen molar-refractivity contribution in [3.05, 3.63) is 58.1 Å². The first-order valence-corrected chi connectivity index (χ1v) is 7.30. The molecule has 0 amide bonds. The molecule has 0 bridgehead atoms. The van der Waals surface area contributed by atoms with E-state index >= 15 is 0 Å². The molecule has 0 atom stereocenters. The Bertz CT molecular complexity index is 763. The largest absolute Gasteiger partial charge is 0.377 e. The molecule has 0 aliphatic rings. The molecule has 2 aromatic carbocycles. The second-order valence-electron chi connectivity index (χ2n) is 3.69. The lowest BCUT2D eigenvalue weighted by Crippen LogP contribution is -2.12. The third kappa shape index (κ3) is 3.20. The Morgan fingerprint density at radius 2 is 1.70 bits per heavy atom. The molecule has 106 valence electrons. The van der Waals surface area contributed by atoms with E-state index in [0.717, 1.165) is 12.1 Å². The van der Waals surface area contributed by atoms with Crippen molar-refractivity contribution in [1.29, 1.82) is 0 Å². The van der Waals surface area contributed by atoms with Crippen LogP contribution in [0.1, 0.15) is 0 Å². The summed E-state index contributed by atoms with van der Waals surface area (Å²) in [5.41, 5.74) is 0. The second-order valence-corrected chi connectivity index (χ2v) is 6.05. The standard InChI is InChI=1S/C12H6Cl2F2O3S/c13-7-1-3-11(9(14)5-7)19-20(17,18)12-4-2-8(15)6-10(12)16/h1-6H. The number of halogens is 4. The van der Waals surface area contributed by atoms with Crippen molar-refractivity contribution in [2.24, 2.45) is 0 Å². The van der Waals surface area contributed by atoms with Gasteiger partial charge in [-0.3, -0.25) is 0 Å². The average molecular weight is 339 g/mol. The first-order valence-electron chi connectivity index (χ1n) is 5.14. The van der Waals surface area contributed by atoms with E-state index in [4.69, 9.17) is 27.4 Å². The molecule has 0 N–H and O–H groups in total. The summed E-state index contributed by atoms with van der Waals surface area (Å²) in [7, 11) is -4.47. The molecule has 20 heavy (non-hydrogen) atoms. The Morgan fingerprint density at radius 1 is 1.00 bits per heavy atom. The summed E-state index contributed by atoms with van der Waals surface area (Å²) in [4.78, 5) is -0.787. The molecule has 2 aromatic rings. The molecule has 3 nitrogen and oxygen atoms in total. The van der Waals surface area contributed by atoms with Crippen LogP contribution in [-0.2, 0) is 10.1 Å². The number of hydrogen-bond acceptors (Lipinski definition) is 3. The third-order valence-electron chi connectivity index (χ3n) is 2.26. The lowest BCUT2D eigenvalue weighted by atomic mass is 10.3. The summed E-state index contributed by atoms with van der Waals surface area (Å²) in [6, 6.07) is 5.88. The third-order valence-corrected chi connectivity index (χ3v) is 4.06. The highest BCUT2D eigenvalue weighted by Gasteiger charge is 2.23. The zero-order valence-electron chi connectivity index (χ0n) is 9.61. The van der Waals surface area contributed by atoms with E-state index in [2.05, 4.69) is 0 Å². The SMILES string of the molecule is O=S(=O)(Oc1ccc(Cl)cc1Cl)c1ccc(F)cc1F. The summed E-state index contributed by atoms with van der Waals surface area (Å²) < 4.78 is 54.7. The Kier molecular flexibility index (Phi) is 4.17. The first kappa shape index (κ1) is 15.0. The molecule has 0 fully saturated rings. The molecule has 8 heteroatoms. The van der Waals surface area contributed by atoms with Crippen LogP contribution in [0.15, 0.2) is 41.3 Å². The number of benzene rings is 2. The van der Waals surface area contributed by atoms with Crippen molar-refractivity contribution in [2.75, 3.05) is 0 Å². The van der Waals surface area contributed by atoms with Gasteiger partial charge in [0.1, 0.15) is 16.5 Å². The van der Waals surface area contributed by atoms with Crippen LogP contribution in [0.4, 0.5) is 8.78 Å². The van der Waals surface area contributed by atoms with Gasteiger partial charge >= 0.3 is 10.1 Å². The maximum Gasteiger partial charge on any atom is 0.342 e. The van der Waals surface area contributed by atoms with Gasteiger partial charge in [0.2, 0.25) is 0 Å². The quantitative estimate of drug-likeness (QED) is 0.793. The molecule has 0 aliphatic carbocycles. The second kappa shape index (κ2) is 5.55. The van der Waals surface area contributed by atoms with E-state index in [1.54, 1.807) is 0 Å². The molecule has 0 saturated carbocycles. The Morgan fingerprint density at radius 3 is 2.30 bits per heavy atom. The van der Waals surface area contributed by atoms with Crippen molar-refractivity contribution < 1.29 is 21.4 Å². The van der Waals surface area contributed by atoms with Gasteiger partial charge < -0.3 is 4.18 Å². The average Bonchev–Trinajstić information content (AvgIpc) is 2.32. The van der Waals surface area contributed by atoms with Gasteiger partial charge in [-0.2, -0.15) is 8.42 Å². The smallest absolute Gasteiger partial charge is 0.342 e. The minimum Gasteiger partial charge on any atom is -0.377 e. The van der Waals surface area contributed by atoms with Crippen LogP contribution in [-0.4, -0.2) is 8.42 Å². The van der Waals surface area contributed by atoms with Gasteiger partial charge in [0.05, 0.1) is 5.02 Å². The van der Waals surface area contributed by atoms with Crippen molar-refractivity contribution in [2.45, 2.75) is 4.90 Å². The zero-order valence-corrected chi connectivity index (χ0v) is 11.9. The van der Waals surface area contributed by atoms with E-state index in [9.17, 15) is 17.2 Å². The Labute approximate surface area is 123 Å². The minimum atomic E-state index is -4.47. The van der Waals surface area contributed by atoms with Crippen LogP contribution in [0, 0.1) is 11.6 Å². The fourth-order valence-corrected chi connectivity index (χ4v) is 2.88. The van der Waals surface area contributed by atoms with E-state index in [-0.39, 0.29) is 15.8 Å². The van der Waals surface area contributed by atoms with Gasteiger partial charge in [-0.05, 0) is 30.3 Å². The molecular weight excluding hydrogens is 333 g/mol. The van der Waals surface area contributed by atoms with Crippen LogP contribution in [0.25, 0.3) is 0 Å². The van der Waals surface area contributed by atoms with E-state index in [1.165, 1.54) is 18.2 Å². The van der Waals surface area contributed by atoms with Crippen LogP contribution in [0.5, 0.6) is 5.75 Å². The molecular formula is C12H6Cl2F2O3S. The van der Waals surface area contributed by atoms with Crippen molar-refractivity contribution >= 4 is 33.3 Å². The Hall–Kier alpha value is -1.37. The number of hydrogen-bond donors (Lipinski definition) is 0. The van der Waals surface area contributed by atoms with Crippen LogP contribution in [0.3, 0.4) is 0 Å². The lowest BCUT2D eigenvalue weighted by Gasteiger charge is -2.09. The summed E-state index contributed by atoms with van der Waals surface area (Å²) in [5.74, 6) is -2.36. The fourth-order valence-electron chi connectivity index (χ4n) is 1.38. The van der Waals surface area contributed by atoms with Gasteiger partial charge in [-0.15, -0.1) is 0 Å². The zero-order chi connectivity index (χ0) is 14.9. The molecule has 0 spiro atoms. The van der Waals surface area contributed by atoms with E-state index in [0.29, 0.717) is 6.07 Å². The summed E-state index contributed by atoms with van der Waals surface area (Å²) in [5, 5.41) is 0.233. The molecule has 0 aliphatic heterocycles. The highest BCUT2D eigenvalue weighted by atomic mass is 35.5. The van der Waals surface area contributed by atoms with Gasteiger partial charge in [0.15, 0.2) is 5.75 Å². The van der Waals surface area contributed by atoms with Crippen LogP contribution < -0.4 is 4.18 Å². The highest BCUT2D eigenvalue weighted by molar-refractivity contribution is 7.87. The topological polar surface area (TPSA) is 43.4 Å². The van der Waals surface area contributed by atoms with Crippen LogP contribution >= 0.6 is 23.2 Å². The summed E-state index contributed by atoms with van der Waals surface area (Å²) in [6.45, 7) is 0. The lowest BCUT2D eigenvalue weighted by molar-refractivity contribution is 0.474. The minimum absolute atomic E-state index is 0.0522. The predicted molar refractivity (Wildman–Crippen MR) is 70.6 cm³/mol. The molecule has 0 aromatic heterocycles. The fraction of sp³-hybridized carbons (Fsp3) is 0. The normalized spacial score (nSPS) is 11.4. The van der Waals surface area contributed by atoms with Crippen LogP contribution in [0.2, 0.25) is 10.0 Å². The van der Waals surface area contributed by atoms with E-state index in [1.807, 2.05) is 0 Å². The van der Waals surface area contributed by atoms with E-state index < -0.39 is 26.6 Å². The molecule has 0 saturated heterocycles. The monoisotopic (exact) mass is 338 g/mol. The van der Waals surface area contributed by atoms with Gasteiger partial charge in [-0.25, -0.2) is 8.78 Å². The molecule has 2 rings (SSSR count). The number of rotatable bonds is 3. The molecule has 0 radical (unpaired) electrons. The maximum atomic E-state index is 13.5. The Balaban J connectivity index is 2.41. The predicted octanol–water partition coefficient (Wildman–Crippen LogP) is 4.04. The summed E-state index contributed by atoms with van der Waals surface area (Å²) >= 11 is 11.4. The maximum absolute atomic E-state index is 13.5. The van der Waals surface area contributed by atoms with Crippen molar-refractivity contribution in [3.63, 3.8) is 0 Å². The summed E-state index contributed by atoms with van der Waals surface area (Å²) in [6.07, 6.45) is 0. The van der Waals surface area contributed by atoms with Gasteiger partial charge in [0.25, 0.3) is 0 Å². The molecule has 0 unspecified atom stereocenters. The van der Waals surface area contributed by atoms with Gasteiger partial charge in [0, 0.05) is 11.1 Å². The first-order chi connectivity index (χ1) is 9.29. The van der Waals surface area contributed by atoms with Crippen molar-refractivity contribution in [1.82, 2.24) is 0 Å². The molecule has 0 heterocycles. The van der Waals surface area contributed by atoms with Gasteiger partial charge in [-0.1, -0.05) is 23.2 Å².